The van der Waals surface area contributed by atoms with Crippen LogP contribution in [0.2, 0.25) is 0 Å². The number of phenols is 1. The van der Waals surface area contributed by atoms with Crippen molar-refractivity contribution in [1.29, 1.82) is 0 Å². The first-order chi connectivity index (χ1) is 8.02. The van der Waals surface area contributed by atoms with Crippen molar-refractivity contribution in [3.8, 4) is 5.75 Å². The zero-order valence-corrected chi connectivity index (χ0v) is 9.79. The van der Waals surface area contributed by atoms with Crippen LogP contribution in [0.3, 0.4) is 0 Å². The summed E-state index contributed by atoms with van der Waals surface area (Å²) in [7, 11) is 0. The molecule has 0 aromatic heterocycles. The predicted molar refractivity (Wildman–Crippen MR) is 62.4 cm³/mol. The van der Waals surface area contributed by atoms with E-state index in [-0.39, 0.29) is 16.9 Å². The van der Waals surface area contributed by atoms with Gasteiger partial charge in [0, 0.05) is 5.54 Å². The Labute approximate surface area is 99.7 Å². The van der Waals surface area contributed by atoms with Crippen LogP contribution in [0, 0.1) is 5.82 Å². The molecule has 1 aromatic carbocycles. The lowest BCUT2D eigenvalue weighted by Gasteiger charge is -2.25. The number of rotatable bonds is 2. The predicted octanol–water partition coefficient (Wildman–Crippen LogP) is 2.59. The van der Waals surface area contributed by atoms with Crippen LogP contribution in [-0.4, -0.2) is 16.6 Å². The lowest BCUT2D eigenvalue weighted by atomic mass is 10.00. The fraction of sp³-hybridized carbons (Fsp3) is 0.462. The van der Waals surface area contributed by atoms with Crippen molar-refractivity contribution in [3.63, 3.8) is 0 Å². The SMILES string of the molecule is CC1(NC(=O)c2c(O)cccc2F)CCCC1. The molecule has 2 rings (SSSR count). The van der Waals surface area contributed by atoms with Crippen LogP contribution in [-0.2, 0) is 0 Å². The fourth-order valence-corrected chi connectivity index (χ4v) is 2.35. The average Bonchev–Trinajstić information content (AvgIpc) is 2.64. The Bertz CT molecular complexity index is 419. The zero-order chi connectivity index (χ0) is 12.5. The van der Waals surface area contributed by atoms with Crippen molar-refractivity contribution in [1.82, 2.24) is 5.32 Å². The van der Waals surface area contributed by atoms with E-state index in [0.717, 1.165) is 25.7 Å². The number of hydrogen-bond donors (Lipinski definition) is 2. The lowest BCUT2D eigenvalue weighted by molar-refractivity contribution is 0.0901. The van der Waals surface area contributed by atoms with Gasteiger partial charge in [0.1, 0.15) is 17.1 Å². The second-order valence-electron chi connectivity index (χ2n) is 4.86. The Hall–Kier alpha value is -1.58. The molecule has 3 nitrogen and oxygen atoms in total. The molecule has 1 aromatic rings. The molecule has 0 spiro atoms. The van der Waals surface area contributed by atoms with Gasteiger partial charge in [0.05, 0.1) is 0 Å². The summed E-state index contributed by atoms with van der Waals surface area (Å²) in [5.74, 6) is -1.54. The fourth-order valence-electron chi connectivity index (χ4n) is 2.35. The highest BCUT2D eigenvalue weighted by molar-refractivity contribution is 5.97. The Balaban J connectivity index is 2.20. The highest BCUT2D eigenvalue weighted by Crippen LogP contribution is 2.30. The van der Waals surface area contributed by atoms with Gasteiger partial charge in [0.25, 0.3) is 5.91 Å². The van der Waals surface area contributed by atoms with E-state index >= 15 is 0 Å². The molecule has 1 fully saturated rings. The summed E-state index contributed by atoms with van der Waals surface area (Å²) >= 11 is 0. The summed E-state index contributed by atoms with van der Waals surface area (Å²) in [4.78, 5) is 11.9. The van der Waals surface area contributed by atoms with Gasteiger partial charge >= 0.3 is 0 Å². The molecular weight excluding hydrogens is 221 g/mol. The van der Waals surface area contributed by atoms with Crippen LogP contribution in [0.4, 0.5) is 4.39 Å². The molecule has 1 saturated carbocycles. The Morgan fingerprint density at radius 3 is 2.65 bits per heavy atom. The van der Waals surface area contributed by atoms with Gasteiger partial charge in [-0.3, -0.25) is 4.79 Å². The molecule has 1 amide bonds. The molecule has 1 aliphatic carbocycles. The second-order valence-corrected chi connectivity index (χ2v) is 4.86. The molecule has 0 unspecified atom stereocenters. The number of benzene rings is 1. The van der Waals surface area contributed by atoms with Crippen molar-refractivity contribution < 1.29 is 14.3 Å². The number of carbonyl (C=O) groups is 1. The van der Waals surface area contributed by atoms with Crippen LogP contribution in [0.1, 0.15) is 43.0 Å². The summed E-state index contributed by atoms with van der Waals surface area (Å²) in [6.45, 7) is 1.95. The number of amides is 1. The van der Waals surface area contributed by atoms with Gasteiger partial charge in [-0.05, 0) is 31.9 Å². The molecular formula is C13H16FNO2. The number of hydrogen-bond acceptors (Lipinski definition) is 2. The number of carbonyl (C=O) groups excluding carboxylic acids is 1. The Morgan fingerprint density at radius 2 is 2.06 bits per heavy atom. The van der Waals surface area contributed by atoms with E-state index in [1.54, 1.807) is 0 Å². The molecule has 92 valence electrons. The molecule has 17 heavy (non-hydrogen) atoms. The van der Waals surface area contributed by atoms with Crippen molar-refractivity contribution in [3.05, 3.63) is 29.6 Å². The maximum atomic E-state index is 13.5. The summed E-state index contributed by atoms with van der Waals surface area (Å²) in [5.41, 5.74) is -0.535. The molecule has 1 aliphatic rings. The van der Waals surface area contributed by atoms with Gasteiger partial charge in [-0.1, -0.05) is 18.9 Å². The summed E-state index contributed by atoms with van der Waals surface area (Å²) in [6.07, 6.45) is 3.93. The first kappa shape index (κ1) is 11.9. The Kier molecular flexibility index (Phi) is 3.05. The van der Waals surface area contributed by atoms with Gasteiger partial charge in [-0.15, -0.1) is 0 Å². The Morgan fingerprint density at radius 1 is 1.41 bits per heavy atom. The van der Waals surface area contributed by atoms with Crippen LogP contribution < -0.4 is 5.32 Å². The van der Waals surface area contributed by atoms with E-state index in [1.807, 2.05) is 6.92 Å². The van der Waals surface area contributed by atoms with Crippen LogP contribution in [0.25, 0.3) is 0 Å². The molecule has 4 heteroatoms. The number of phenolic OH excluding ortho intramolecular Hbond substituents is 1. The largest absolute Gasteiger partial charge is 0.507 e. The van der Waals surface area contributed by atoms with Crippen molar-refractivity contribution >= 4 is 5.91 Å². The van der Waals surface area contributed by atoms with Crippen LogP contribution in [0.15, 0.2) is 18.2 Å². The smallest absolute Gasteiger partial charge is 0.258 e. The van der Waals surface area contributed by atoms with E-state index in [2.05, 4.69) is 5.32 Å². The molecule has 0 bridgehead atoms. The number of nitrogens with one attached hydrogen (secondary N) is 1. The zero-order valence-electron chi connectivity index (χ0n) is 9.79. The minimum atomic E-state index is -0.691. The topological polar surface area (TPSA) is 49.3 Å². The molecule has 2 N–H and O–H groups in total. The van der Waals surface area contributed by atoms with Crippen molar-refractivity contribution in [2.75, 3.05) is 0 Å². The summed E-state index contributed by atoms with van der Waals surface area (Å²) < 4.78 is 13.5. The highest BCUT2D eigenvalue weighted by atomic mass is 19.1. The monoisotopic (exact) mass is 237 g/mol. The maximum absolute atomic E-state index is 13.5. The summed E-state index contributed by atoms with van der Waals surface area (Å²) in [6, 6.07) is 3.86. The third-order valence-corrected chi connectivity index (χ3v) is 3.34. The van der Waals surface area contributed by atoms with Crippen LogP contribution in [0.5, 0.6) is 5.75 Å². The molecule has 0 radical (unpaired) electrons. The average molecular weight is 237 g/mol. The minimum absolute atomic E-state index is 0.263. The molecule has 0 heterocycles. The molecule has 0 atom stereocenters. The van der Waals surface area contributed by atoms with Gasteiger partial charge in [-0.2, -0.15) is 0 Å². The van der Waals surface area contributed by atoms with E-state index in [1.165, 1.54) is 18.2 Å². The second kappa shape index (κ2) is 4.35. The van der Waals surface area contributed by atoms with E-state index in [4.69, 9.17) is 0 Å². The first-order valence-electron chi connectivity index (χ1n) is 5.82. The van der Waals surface area contributed by atoms with Crippen molar-refractivity contribution in [2.24, 2.45) is 0 Å². The maximum Gasteiger partial charge on any atom is 0.258 e. The van der Waals surface area contributed by atoms with Gasteiger partial charge < -0.3 is 10.4 Å². The van der Waals surface area contributed by atoms with E-state index in [9.17, 15) is 14.3 Å². The number of halogens is 1. The van der Waals surface area contributed by atoms with Gasteiger partial charge in [0.2, 0.25) is 0 Å². The van der Waals surface area contributed by atoms with Gasteiger partial charge in [0.15, 0.2) is 0 Å². The quantitative estimate of drug-likeness (QED) is 0.830. The van der Waals surface area contributed by atoms with Crippen molar-refractivity contribution in [2.45, 2.75) is 38.1 Å². The number of aromatic hydroxyl groups is 1. The highest BCUT2D eigenvalue weighted by Gasteiger charge is 2.31. The third-order valence-electron chi connectivity index (χ3n) is 3.34. The molecule has 0 saturated heterocycles. The summed E-state index contributed by atoms with van der Waals surface area (Å²) in [5, 5.41) is 12.3. The lowest BCUT2D eigenvalue weighted by Crippen LogP contribution is -2.43. The normalized spacial score (nSPS) is 18.0. The minimum Gasteiger partial charge on any atom is -0.507 e. The van der Waals surface area contributed by atoms with Crippen LogP contribution >= 0.6 is 0 Å². The molecule has 0 aliphatic heterocycles. The van der Waals surface area contributed by atoms with E-state index in [0.29, 0.717) is 0 Å². The van der Waals surface area contributed by atoms with Gasteiger partial charge in [-0.25, -0.2) is 4.39 Å². The third kappa shape index (κ3) is 2.40. The standard InChI is InChI=1S/C13H16FNO2/c1-13(7-2-3-8-13)15-12(17)11-9(14)5-4-6-10(11)16/h4-6,16H,2-3,7-8H2,1H3,(H,15,17). The first-order valence-corrected chi connectivity index (χ1v) is 5.82. The van der Waals surface area contributed by atoms with E-state index < -0.39 is 11.7 Å².